The third-order valence-electron chi connectivity index (χ3n) is 5.58. The van der Waals surface area contributed by atoms with E-state index in [1.165, 1.54) is 32.7 Å². The number of hydrogen-bond acceptors (Lipinski definition) is 7. The Morgan fingerprint density at radius 3 is 2.39 bits per heavy atom. The van der Waals surface area contributed by atoms with Gasteiger partial charge >= 0.3 is 0 Å². The molecule has 0 unspecified atom stereocenters. The summed E-state index contributed by atoms with van der Waals surface area (Å²) in [6.45, 7) is 3.63. The first kappa shape index (κ1) is 22.6. The summed E-state index contributed by atoms with van der Waals surface area (Å²) in [7, 11) is 4.51. The number of thiazole rings is 1. The van der Waals surface area contributed by atoms with Crippen LogP contribution in [0.4, 0.5) is 10.8 Å². The van der Waals surface area contributed by atoms with E-state index in [0.29, 0.717) is 27.9 Å². The van der Waals surface area contributed by atoms with Crippen LogP contribution in [0.5, 0.6) is 17.2 Å². The molecule has 3 aromatic rings. The van der Waals surface area contributed by atoms with Crippen molar-refractivity contribution in [1.82, 2.24) is 4.98 Å². The molecule has 8 nitrogen and oxygen atoms in total. The molecule has 2 heterocycles. The molecule has 33 heavy (non-hydrogen) atoms. The van der Waals surface area contributed by atoms with Gasteiger partial charge in [-0.05, 0) is 43.2 Å². The number of hydrogen-bond donors (Lipinski definition) is 1. The molecule has 1 aliphatic heterocycles. The molecule has 172 valence electrons. The quantitative estimate of drug-likeness (QED) is 0.579. The van der Waals surface area contributed by atoms with Crippen molar-refractivity contribution in [3.8, 4) is 28.5 Å². The van der Waals surface area contributed by atoms with Crippen LogP contribution >= 0.6 is 11.3 Å². The second-order valence-corrected chi connectivity index (χ2v) is 8.55. The highest BCUT2D eigenvalue weighted by atomic mass is 32.1. The summed E-state index contributed by atoms with van der Waals surface area (Å²) in [5.74, 6) is 0.916. The summed E-state index contributed by atoms with van der Waals surface area (Å²) < 4.78 is 16.0. The number of amides is 2. The zero-order valence-corrected chi connectivity index (χ0v) is 19.9. The number of rotatable bonds is 6. The van der Waals surface area contributed by atoms with Crippen LogP contribution < -0.4 is 24.4 Å². The molecule has 0 spiro atoms. The first-order valence-corrected chi connectivity index (χ1v) is 11.2. The first-order valence-electron chi connectivity index (χ1n) is 10.4. The average molecular weight is 468 g/mol. The zero-order valence-electron chi connectivity index (χ0n) is 19.1. The maximum atomic E-state index is 12.9. The van der Waals surface area contributed by atoms with E-state index in [1.54, 1.807) is 19.1 Å². The van der Waals surface area contributed by atoms with E-state index in [9.17, 15) is 9.59 Å². The van der Waals surface area contributed by atoms with Crippen LogP contribution in [0.2, 0.25) is 0 Å². The molecule has 0 radical (unpaired) electrons. The van der Waals surface area contributed by atoms with E-state index < -0.39 is 0 Å². The molecule has 1 aromatic heterocycles. The third kappa shape index (κ3) is 4.23. The van der Waals surface area contributed by atoms with Gasteiger partial charge in [0.2, 0.25) is 11.7 Å². The minimum atomic E-state index is -0.338. The molecule has 0 bridgehead atoms. The standard InChI is InChI=1S/C24H25N3O5S/c1-13-8-16-9-15(6-7-19(16)27(13)14(2)28)18-12-33-24(25-18)26-23(29)17-10-20(30-3)22(32-5)21(11-17)31-4/h6-7,9-13H,8H2,1-5H3,(H,25,26,29)/t13-/m1/s1. The van der Waals surface area contributed by atoms with E-state index in [0.717, 1.165) is 28.9 Å². The Morgan fingerprint density at radius 2 is 1.79 bits per heavy atom. The number of nitrogens with one attached hydrogen (secondary N) is 1. The number of methoxy groups -OCH3 is 3. The Bertz CT molecular complexity index is 1200. The average Bonchev–Trinajstić information content (AvgIpc) is 3.40. The molecule has 0 aliphatic carbocycles. The fourth-order valence-corrected chi connectivity index (χ4v) is 4.83. The predicted octanol–water partition coefficient (Wildman–Crippen LogP) is 4.39. The lowest BCUT2D eigenvalue weighted by Crippen LogP contribution is -2.33. The highest BCUT2D eigenvalue weighted by Crippen LogP contribution is 2.39. The highest BCUT2D eigenvalue weighted by molar-refractivity contribution is 7.14. The van der Waals surface area contributed by atoms with Crippen molar-refractivity contribution in [2.24, 2.45) is 0 Å². The molecular weight excluding hydrogens is 442 g/mol. The van der Waals surface area contributed by atoms with Gasteiger partial charge in [0.1, 0.15) is 0 Å². The van der Waals surface area contributed by atoms with Gasteiger partial charge < -0.3 is 19.1 Å². The monoisotopic (exact) mass is 467 g/mol. The van der Waals surface area contributed by atoms with Gasteiger partial charge in [-0.3, -0.25) is 14.9 Å². The van der Waals surface area contributed by atoms with E-state index >= 15 is 0 Å². The topological polar surface area (TPSA) is 90.0 Å². The van der Waals surface area contributed by atoms with Crippen molar-refractivity contribution in [3.05, 3.63) is 46.8 Å². The molecule has 1 aliphatic rings. The normalized spacial score (nSPS) is 14.6. The number of fused-ring (bicyclic) bond motifs is 1. The summed E-state index contributed by atoms with van der Waals surface area (Å²) in [6.07, 6.45) is 0.803. The molecular formula is C24H25N3O5S. The van der Waals surface area contributed by atoms with Crippen molar-refractivity contribution < 1.29 is 23.8 Å². The Balaban J connectivity index is 1.55. The van der Waals surface area contributed by atoms with Gasteiger partial charge in [0.25, 0.3) is 5.91 Å². The van der Waals surface area contributed by atoms with Crippen LogP contribution in [0.15, 0.2) is 35.7 Å². The number of carbonyl (C=O) groups is 2. The Hall–Kier alpha value is -3.59. The second-order valence-electron chi connectivity index (χ2n) is 7.69. The van der Waals surface area contributed by atoms with E-state index in [2.05, 4.69) is 16.4 Å². The number of benzene rings is 2. The van der Waals surface area contributed by atoms with Gasteiger partial charge in [0, 0.05) is 35.2 Å². The van der Waals surface area contributed by atoms with Crippen molar-refractivity contribution in [3.63, 3.8) is 0 Å². The molecule has 0 saturated heterocycles. The van der Waals surface area contributed by atoms with E-state index in [4.69, 9.17) is 14.2 Å². The zero-order chi connectivity index (χ0) is 23.7. The van der Waals surface area contributed by atoms with Crippen LogP contribution in [0.3, 0.4) is 0 Å². The van der Waals surface area contributed by atoms with Gasteiger partial charge in [-0.15, -0.1) is 11.3 Å². The fourth-order valence-electron chi connectivity index (χ4n) is 4.12. The van der Waals surface area contributed by atoms with Crippen molar-refractivity contribution in [2.75, 3.05) is 31.5 Å². The molecule has 2 amide bonds. The number of nitrogens with zero attached hydrogens (tertiary/aromatic N) is 2. The molecule has 0 saturated carbocycles. The second kappa shape index (κ2) is 9.11. The lowest BCUT2D eigenvalue weighted by Gasteiger charge is -2.20. The van der Waals surface area contributed by atoms with Crippen LogP contribution in [0.25, 0.3) is 11.3 Å². The number of aromatic nitrogens is 1. The molecule has 0 fully saturated rings. The molecule has 1 N–H and O–H groups in total. The van der Waals surface area contributed by atoms with Gasteiger partial charge in [0.15, 0.2) is 16.6 Å². The smallest absolute Gasteiger partial charge is 0.257 e. The number of anilines is 2. The summed E-state index contributed by atoms with van der Waals surface area (Å²) in [6, 6.07) is 9.29. The Morgan fingerprint density at radius 1 is 1.09 bits per heavy atom. The van der Waals surface area contributed by atoms with Crippen molar-refractivity contribution >= 4 is 34.0 Å². The van der Waals surface area contributed by atoms with Crippen molar-refractivity contribution in [2.45, 2.75) is 26.3 Å². The van der Waals surface area contributed by atoms with Crippen LogP contribution in [0.1, 0.15) is 29.8 Å². The minimum Gasteiger partial charge on any atom is -0.493 e. The van der Waals surface area contributed by atoms with Crippen LogP contribution in [0, 0.1) is 0 Å². The summed E-state index contributed by atoms with van der Waals surface area (Å²) >= 11 is 1.34. The molecule has 9 heteroatoms. The predicted molar refractivity (Wildman–Crippen MR) is 128 cm³/mol. The minimum absolute atomic E-state index is 0.0412. The maximum absolute atomic E-state index is 12.9. The van der Waals surface area contributed by atoms with Gasteiger partial charge in [-0.1, -0.05) is 6.07 Å². The lowest BCUT2D eigenvalue weighted by atomic mass is 10.1. The third-order valence-corrected chi connectivity index (χ3v) is 6.34. The van der Waals surface area contributed by atoms with E-state index in [1.807, 2.05) is 29.3 Å². The summed E-state index contributed by atoms with van der Waals surface area (Å²) in [5.41, 5.74) is 4.13. The summed E-state index contributed by atoms with van der Waals surface area (Å²) in [4.78, 5) is 31.2. The van der Waals surface area contributed by atoms with Gasteiger partial charge in [-0.2, -0.15) is 0 Å². The SMILES string of the molecule is COc1cc(C(=O)Nc2nc(-c3ccc4c(c3)C[C@@H](C)N4C(C)=O)cs2)cc(OC)c1OC. The largest absolute Gasteiger partial charge is 0.493 e. The van der Waals surface area contributed by atoms with Crippen molar-refractivity contribution in [1.29, 1.82) is 0 Å². The van der Waals surface area contributed by atoms with E-state index in [-0.39, 0.29) is 17.9 Å². The highest BCUT2D eigenvalue weighted by Gasteiger charge is 2.29. The fraction of sp³-hybridized carbons (Fsp3) is 0.292. The number of ether oxygens (including phenoxy) is 3. The lowest BCUT2D eigenvalue weighted by molar-refractivity contribution is -0.116. The summed E-state index contributed by atoms with van der Waals surface area (Å²) in [5, 5.41) is 5.20. The van der Waals surface area contributed by atoms with Gasteiger partial charge in [0.05, 0.1) is 27.0 Å². The Labute approximate surface area is 196 Å². The molecule has 2 aromatic carbocycles. The van der Waals surface area contributed by atoms with Crippen LogP contribution in [-0.4, -0.2) is 44.2 Å². The maximum Gasteiger partial charge on any atom is 0.257 e. The molecule has 1 atom stereocenters. The number of carbonyl (C=O) groups excluding carboxylic acids is 2. The molecule has 4 rings (SSSR count). The van der Waals surface area contributed by atoms with Crippen LogP contribution in [-0.2, 0) is 11.2 Å². The van der Waals surface area contributed by atoms with Gasteiger partial charge in [-0.25, -0.2) is 4.98 Å². The first-order chi connectivity index (χ1) is 15.9. The Kier molecular flexibility index (Phi) is 6.24.